The molecule has 2 aromatic rings. The zero-order valence-corrected chi connectivity index (χ0v) is 12.5. The Morgan fingerprint density at radius 3 is 2.60 bits per heavy atom. The number of aryl methyl sites for hydroxylation is 3. The van der Waals surface area contributed by atoms with Crippen molar-refractivity contribution in [1.82, 2.24) is 10.3 Å². The third kappa shape index (κ3) is 4.82. The van der Waals surface area contributed by atoms with Crippen molar-refractivity contribution in [3.63, 3.8) is 0 Å². The summed E-state index contributed by atoms with van der Waals surface area (Å²) >= 11 is 0. The number of hydrogen-bond donors (Lipinski definition) is 1. The van der Waals surface area contributed by atoms with Crippen molar-refractivity contribution in [3.8, 4) is 0 Å². The van der Waals surface area contributed by atoms with Gasteiger partial charge >= 0.3 is 0 Å². The largest absolute Gasteiger partial charge is 0.446 e. The Hall–Kier alpha value is -1.61. The maximum Gasteiger partial charge on any atom is 0.195 e. The zero-order valence-electron chi connectivity index (χ0n) is 12.5. The third-order valence-electron chi connectivity index (χ3n) is 3.32. The van der Waals surface area contributed by atoms with Crippen LogP contribution in [0.3, 0.4) is 0 Å². The lowest BCUT2D eigenvalue weighted by atomic mass is 10.1. The van der Waals surface area contributed by atoms with E-state index in [1.807, 2.05) is 6.20 Å². The lowest BCUT2D eigenvalue weighted by molar-refractivity contribution is 0.448. The van der Waals surface area contributed by atoms with Crippen molar-refractivity contribution < 1.29 is 4.42 Å². The molecular weight excluding hydrogens is 248 g/mol. The van der Waals surface area contributed by atoms with Gasteiger partial charge in [-0.3, -0.25) is 0 Å². The van der Waals surface area contributed by atoms with Crippen LogP contribution in [0.5, 0.6) is 0 Å². The van der Waals surface area contributed by atoms with Crippen LogP contribution in [-0.4, -0.2) is 18.1 Å². The van der Waals surface area contributed by atoms with Crippen molar-refractivity contribution in [2.24, 2.45) is 0 Å². The molecule has 3 nitrogen and oxygen atoms in total. The second-order valence-corrected chi connectivity index (χ2v) is 5.21. The van der Waals surface area contributed by atoms with E-state index < -0.39 is 0 Å². The van der Waals surface area contributed by atoms with E-state index in [1.165, 1.54) is 11.1 Å². The van der Waals surface area contributed by atoms with Crippen LogP contribution in [0.2, 0.25) is 0 Å². The summed E-state index contributed by atoms with van der Waals surface area (Å²) in [6, 6.07) is 8.67. The maximum atomic E-state index is 5.76. The molecule has 0 aliphatic carbocycles. The van der Waals surface area contributed by atoms with Gasteiger partial charge in [0.2, 0.25) is 0 Å². The van der Waals surface area contributed by atoms with Crippen LogP contribution in [0.25, 0.3) is 0 Å². The predicted molar refractivity (Wildman–Crippen MR) is 82.0 cm³/mol. The standard InChI is InChI=1S/C17H24N2O/c1-3-11-18-12-10-17-19-13-16(20-17)9-8-15-6-4-14(2)5-7-15/h4-7,13,18H,3,8-12H2,1-2H3. The molecule has 0 unspecified atom stereocenters. The zero-order chi connectivity index (χ0) is 14.2. The molecule has 0 aliphatic rings. The van der Waals surface area contributed by atoms with E-state index in [0.717, 1.165) is 50.4 Å². The molecule has 0 spiro atoms. The van der Waals surface area contributed by atoms with Crippen LogP contribution >= 0.6 is 0 Å². The second kappa shape index (κ2) is 7.85. The fourth-order valence-electron chi connectivity index (χ4n) is 2.10. The fraction of sp³-hybridized carbons (Fsp3) is 0.471. The van der Waals surface area contributed by atoms with Gasteiger partial charge in [0, 0.05) is 19.4 Å². The fourth-order valence-corrected chi connectivity index (χ4v) is 2.10. The Labute approximate surface area is 121 Å². The first-order valence-electron chi connectivity index (χ1n) is 7.47. The lowest BCUT2D eigenvalue weighted by Crippen LogP contribution is -2.17. The molecule has 1 N–H and O–H groups in total. The topological polar surface area (TPSA) is 38.1 Å². The SMILES string of the molecule is CCCNCCc1ncc(CCc2ccc(C)cc2)o1. The van der Waals surface area contributed by atoms with Crippen molar-refractivity contribution in [2.75, 3.05) is 13.1 Å². The smallest absolute Gasteiger partial charge is 0.195 e. The van der Waals surface area contributed by atoms with E-state index >= 15 is 0 Å². The van der Waals surface area contributed by atoms with Crippen molar-refractivity contribution in [3.05, 3.63) is 53.2 Å². The molecule has 0 amide bonds. The van der Waals surface area contributed by atoms with Crippen LogP contribution in [-0.2, 0) is 19.3 Å². The number of nitrogens with zero attached hydrogens (tertiary/aromatic N) is 1. The van der Waals surface area contributed by atoms with E-state index in [4.69, 9.17) is 4.42 Å². The minimum Gasteiger partial charge on any atom is -0.446 e. The molecule has 1 heterocycles. The van der Waals surface area contributed by atoms with Crippen molar-refractivity contribution in [2.45, 2.75) is 39.5 Å². The van der Waals surface area contributed by atoms with Crippen LogP contribution in [0, 0.1) is 6.92 Å². The molecule has 0 fully saturated rings. The first-order valence-corrected chi connectivity index (χ1v) is 7.47. The monoisotopic (exact) mass is 272 g/mol. The highest BCUT2D eigenvalue weighted by Crippen LogP contribution is 2.10. The van der Waals surface area contributed by atoms with Gasteiger partial charge in [0.1, 0.15) is 5.76 Å². The molecule has 2 rings (SSSR count). The van der Waals surface area contributed by atoms with Crippen LogP contribution in [0.4, 0.5) is 0 Å². The molecule has 3 heteroatoms. The van der Waals surface area contributed by atoms with Gasteiger partial charge < -0.3 is 9.73 Å². The van der Waals surface area contributed by atoms with Gasteiger partial charge in [0.25, 0.3) is 0 Å². The Morgan fingerprint density at radius 1 is 1.05 bits per heavy atom. The molecule has 0 atom stereocenters. The number of oxazole rings is 1. The third-order valence-corrected chi connectivity index (χ3v) is 3.32. The van der Waals surface area contributed by atoms with E-state index in [-0.39, 0.29) is 0 Å². The molecule has 0 aliphatic heterocycles. The molecule has 1 aromatic carbocycles. The highest BCUT2D eigenvalue weighted by molar-refractivity contribution is 5.21. The summed E-state index contributed by atoms with van der Waals surface area (Å²) in [6.07, 6.45) is 5.81. The maximum absolute atomic E-state index is 5.76. The van der Waals surface area contributed by atoms with Crippen molar-refractivity contribution >= 4 is 0 Å². The van der Waals surface area contributed by atoms with Gasteiger partial charge in [-0.05, 0) is 31.9 Å². The quantitative estimate of drug-likeness (QED) is 0.749. The Kier molecular flexibility index (Phi) is 5.81. The van der Waals surface area contributed by atoms with Crippen LogP contribution < -0.4 is 5.32 Å². The molecule has 0 radical (unpaired) electrons. The first-order chi connectivity index (χ1) is 9.78. The Balaban J connectivity index is 1.76. The Bertz CT molecular complexity index is 502. The number of hydrogen-bond acceptors (Lipinski definition) is 3. The van der Waals surface area contributed by atoms with Crippen LogP contribution in [0.1, 0.15) is 36.1 Å². The van der Waals surface area contributed by atoms with E-state index in [0.29, 0.717) is 0 Å². The Morgan fingerprint density at radius 2 is 1.85 bits per heavy atom. The summed E-state index contributed by atoms with van der Waals surface area (Å²) in [5.74, 6) is 1.82. The van der Waals surface area contributed by atoms with E-state index in [2.05, 4.69) is 48.4 Å². The molecule has 1 aromatic heterocycles. The summed E-state index contributed by atoms with van der Waals surface area (Å²) in [5.41, 5.74) is 2.65. The van der Waals surface area contributed by atoms with Gasteiger partial charge in [-0.2, -0.15) is 0 Å². The predicted octanol–water partition coefficient (Wildman–Crippen LogP) is 3.31. The first kappa shape index (κ1) is 14.8. The highest BCUT2D eigenvalue weighted by atomic mass is 16.4. The van der Waals surface area contributed by atoms with Gasteiger partial charge in [-0.25, -0.2) is 4.98 Å². The van der Waals surface area contributed by atoms with Crippen molar-refractivity contribution in [1.29, 1.82) is 0 Å². The normalized spacial score (nSPS) is 10.9. The van der Waals surface area contributed by atoms with Gasteiger partial charge in [-0.1, -0.05) is 36.8 Å². The van der Waals surface area contributed by atoms with E-state index in [9.17, 15) is 0 Å². The summed E-state index contributed by atoms with van der Waals surface area (Å²) in [7, 11) is 0. The summed E-state index contributed by atoms with van der Waals surface area (Å²) in [6.45, 7) is 6.27. The van der Waals surface area contributed by atoms with Gasteiger partial charge in [0.05, 0.1) is 6.20 Å². The molecule has 0 saturated heterocycles. The minimum atomic E-state index is 0.840. The number of benzene rings is 1. The molecule has 0 bridgehead atoms. The highest BCUT2D eigenvalue weighted by Gasteiger charge is 2.04. The number of aromatic nitrogens is 1. The molecule has 20 heavy (non-hydrogen) atoms. The number of rotatable bonds is 8. The molecule has 108 valence electrons. The summed E-state index contributed by atoms with van der Waals surface area (Å²) in [5, 5.41) is 3.36. The average molecular weight is 272 g/mol. The van der Waals surface area contributed by atoms with Crippen LogP contribution in [0.15, 0.2) is 34.9 Å². The van der Waals surface area contributed by atoms with Gasteiger partial charge in [-0.15, -0.1) is 0 Å². The summed E-state index contributed by atoms with van der Waals surface area (Å²) < 4.78 is 5.76. The average Bonchev–Trinajstić information content (AvgIpc) is 2.91. The number of nitrogens with one attached hydrogen (secondary N) is 1. The lowest BCUT2D eigenvalue weighted by Gasteiger charge is -2.00. The molecule has 0 saturated carbocycles. The second-order valence-electron chi connectivity index (χ2n) is 5.21. The summed E-state index contributed by atoms with van der Waals surface area (Å²) in [4.78, 5) is 4.33. The molecular formula is C17H24N2O. The van der Waals surface area contributed by atoms with Gasteiger partial charge in [0.15, 0.2) is 5.89 Å². The van der Waals surface area contributed by atoms with E-state index in [1.54, 1.807) is 0 Å². The minimum absolute atomic E-state index is 0.840.